The van der Waals surface area contributed by atoms with Crippen molar-refractivity contribution in [2.45, 2.75) is 12.5 Å². The first kappa shape index (κ1) is 17.9. The van der Waals surface area contributed by atoms with E-state index >= 15 is 0 Å². The number of amides is 2. The molecule has 4 rings (SSSR count). The molecule has 9 nitrogen and oxygen atoms in total. The Labute approximate surface area is 163 Å². The zero-order chi connectivity index (χ0) is 19.5. The fourth-order valence-electron chi connectivity index (χ4n) is 2.68. The lowest BCUT2D eigenvalue weighted by Gasteiger charge is -2.25. The van der Waals surface area contributed by atoms with Gasteiger partial charge < -0.3 is 20.1 Å². The topological polar surface area (TPSA) is 120 Å². The zero-order valence-electron chi connectivity index (χ0n) is 14.4. The van der Waals surface area contributed by atoms with Gasteiger partial charge in [-0.2, -0.15) is 8.75 Å². The predicted molar refractivity (Wildman–Crippen MR) is 101 cm³/mol. The van der Waals surface area contributed by atoms with Crippen molar-refractivity contribution in [3.05, 3.63) is 42.5 Å². The van der Waals surface area contributed by atoms with Crippen LogP contribution in [0.3, 0.4) is 0 Å². The second-order valence-corrected chi connectivity index (χ2v) is 6.47. The minimum Gasteiger partial charge on any atom is -0.478 e. The smallest absolute Gasteiger partial charge is 0.310 e. The number of anilines is 2. The highest BCUT2D eigenvalue weighted by Crippen LogP contribution is 2.29. The van der Waals surface area contributed by atoms with Crippen LogP contribution < -0.4 is 15.4 Å². The van der Waals surface area contributed by atoms with Crippen LogP contribution in [0.2, 0.25) is 0 Å². The molecule has 0 saturated carbocycles. The molecule has 28 heavy (non-hydrogen) atoms. The van der Waals surface area contributed by atoms with Gasteiger partial charge in [0.2, 0.25) is 0 Å². The highest BCUT2D eigenvalue weighted by atomic mass is 32.1. The molecule has 0 radical (unpaired) electrons. The van der Waals surface area contributed by atoms with Gasteiger partial charge in [-0.1, -0.05) is 18.2 Å². The Morgan fingerprint density at radius 3 is 2.93 bits per heavy atom. The molecule has 1 atom stereocenters. The molecule has 0 unspecified atom stereocenters. The van der Waals surface area contributed by atoms with Crippen molar-refractivity contribution in [2.75, 3.05) is 17.2 Å². The van der Waals surface area contributed by atoms with Crippen LogP contribution in [0.25, 0.3) is 11.0 Å². The van der Waals surface area contributed by atoms with Gasteiger partial charge in [0.15, 0.2) is 12.7 Å². The average Bonchev–Trinajstić information content (AvgIpc) is 3.17. The van der Waals surface area contributed by atoms with Crippen LogP contribution in [0.1, 0.15) is 6.42 Å². The number of aromatic nitrogens is 2. The summed E-state index contributed by atoms with van der Waals surface area (Å²) < 4.78 is 18.7. The Hall–Kier alpha value is -3.53. The number of para-hydroxylation sites is 2. The second kappa shape index (κ2) is 7.61. The van der Waals surface area contributed by atoms with Crippen LogP contribution in [0.5, 0.6) is 5.75 Å². The van der Waals surface area contributed by atoms with Crippen molar-refractivity contribution in [3.8, 4) is 5.75 Å². The van der Waals surface area contributed by atoms with Crippen LogP contribution in [0.4, 0.5) is 11.4 Å². The Morgan fingerprint density at radius 2 is 2.04 bits per heavy atom. The molecule has 0 fully saturated rings. The van der Waals surface area contributed by atoms with Crippen LogP contribution in [0, 0.1) is 0 Å². The van der Waals surface area contributed by atoms with E-state index in [1.807, 2.05) is 0 Å². The lowest BCUT2D eigenvalue weighted by Crippen LogP contribution is -2.39. The number of carbonyl (C=O) groups excluding carboxylic acids is 3. The van der Waals surface area contributed by atoms with Crippen LogP contribution in [0.15, 0.2) is 42.5 Å². The monoisotopic (exact) mass is 398 g/mol. The Balaban J connectivity index is 1.30. The van der Waals surface area contributed by atoms with E-state index < -0.39 is 30.5 Å². The maximum absolute atomic E-state index is 12.1. The van der Waals surface area contributed by atoms with Gasteiger partial charge >= 0.3 is 5.97 Å². The zero-order valence-corrected chi connectivity index (χ0v) is 15.2. The number of nitrogens with zero attached hydrogens (tertiary/aromatic N) is 2. The molecule has 0 saturated heterocycles. The number of hydrogen-bond donors (Lipinski definition) is 2. The largest absolute Gasteiger partial charge is 0.478 e. The minimum atomic E-state index is -1.01. The first-order valence-electron chi connectivity index (χ1n) is 8.33. The van der Waals surface area contributed by atoms with E-state index in [1.165, 1.54) is 0 Å². The van der Waals surface area contributed by atoms with Gasteiger partial charge in [0.1, 0.15) is 16.8 Å². The van der Waals surface area contributed by atoms with Crippen molar-refractivity contribution in [2.24, 2.45) is 0 Å². The Bertz CT molecular complexity index is 1070. The first-order chi connectivity index (χ1) is 13.6. The van der Waals surface area contributed by atoms with Gasteiger partial charge in [0, 0.05) is 0 Å². The maximum Gasteiger partial charge on any atom is 0.310 e. The summed E-state index contributed by atoms with van der Waals surface area (Å²) in [6, 6.07) is 12.1. The van der Waals surface area contributed by atoms with Gasteiger partial charge in [0.25, 0.3) is 11.8 Å². The molecule has 10 heteroatoms. The Kier molecular flexibility index (Phi) is 4.85. The normalized spacial score (nSPS) is 15.3. The molecular formula is C18H14N4O5S. The average molecular weight is 398 g/mol. The number of carbonyl (C=O) groups is 3. The fourth-order valence-corrected chi connectivity index (χ4v) is 3.23. The molecule has 0 spiro atoms. The number of nitrogens with one attached hydrogen (secondary N) is 2. The summed E-state index contributed by atoms with van der Waals surface area (Å²) >= 11 is 1.04. The maximum atomic E-state index is 12.1. The van der Waals surface area contributed by atoms with Gasteiger partial charge in [-0.05, 0) is 24.3 Å². The van der Waals surface area contributed by atoms with Crippen molar-refractivity contribution < 1.29 is 23.9 Å². The summed E-state index contributed by atoms with van der Waals surface area (Å²) in [6.45, 7) is -0.488. The standard InChI is InChI=1S/C18H14N4O5S/c23-15(19-11-5-3-6-12-17(11)22-28-21-12)9-26-16(24)8-14-18(25)20-10-4-1-2-7-13(10)27-14/h1-7,14H,8-9H2,(H,19,23)(H,20,25)/t14-/m0/s1. The van der Waals surface area contributed by atoms with Crippen molar-refractivity contribution in [1.82, 2.24) is 8.75 Å². The number of ether oxygens (including phenoxy) is 2. The van der Waals surface area contributed by atoms with Gasteiger partial charge in [-0.25, -0.2) is 0 Å². The van der Waals surface area contributed by atoms with E-state index in [9.17, 15) is 14.4 Å². The molecule has 3 aromatic rings. The first-order valence-corrected chi connectivity index (χ1v) is 9.06. The molecule has 2 N–H and O–H groups in total. The SMILES string of the molecule is O=C(COC(=O)C[C@@H]1Oc2ccccc2NC1=O)Nc1cccc2nsnc12. The number of fused-ring (bicyclic) bond motifs is 2. The predicted octanol–water partition coefficient (Wildman–Crippen LogP) is 1.96. The van der Waals surface area contributed by atoms with E-state index in [4.69, 9.17) is 9.47 Å². The van der Waals surface area contributed by atoms with E-state index in [0.717, 1.165) is 11.7 Å². The number of rotatable bonds is 5. The lowest BCUT2D eigenvalue weighted by atomic mass is 10.1. The summed E-state index contributed by atoms with van der Waals surface area (Å²) in [5, 5.41) is 5.29. The van der Waals surface area contributed by atoms with Crippen molar-refractivity contribution in [1.29, 1.82) is 0 Å². The third-order valence-electron chi connectivity index (χ3n) is 3.98. The van der Waals surface area contributed by atoms with Crippen molar-refractivity contribution in [3.63, 3.8) is 0 Å². The summed E-state index contributed by atoms with van der Waals surface area (Å²) in [4.78, 5) is 36.1. The highest BCUT2D eigenvalue weighted by molar-refractivity contribution is 7.00. The molecule has 2 heterocycles. The van der Waals surface area contributed by atoms with Crippen LogP contribution in [-0.2, 0) is 19.1 Å². The molecular weight excluding hydrogens is 384 g/mol. The Morgan fingerprint density at radius 1 is 1.18 bits per heavy atom. The lowest BCUT2D eigenvalue weighted by molar-refractivity contribution is -0.150. The molecule has 1 aliphatic rings. The molecule has 2 aromatic carbocycles. The minimum absolute atomic E-state index is 0.307. The van der Waals surface area contributed by atoms with Crippen molar-refractivity contribution >= 4 is 51.9 Å². The van der Waals surface area contributed by atoms with E-state index in [-0.39, 0.29) is 6.42 Å². The van der Waals surface area contributed by atoms with E-state index in [0.29, 0.717) is 28.2 Å². The quantitative estimate of drug-likeness (QED) is 0.631. The number of benzene rings is 2. The summed E-state index contributed by atoms with van der Waals surface area (Å²) in [5.74, 6) is -1.21. The molecule has 142 valence electrons. The fraction of sp³-hybridized carbons (Fsp3) is 0.167. The van der Waals surface area contributed by atoms with E-state index in [1.54, 1.807) is 42.5 Å². The highest BCUT2D eigenvalue weighted by Gasteiger charge is 2.30. The summed E-state index contributed by atoms with van der Waals surface area (Å²) in [5.41, 5.74) is 2.26. The molecule has 0 bridgehead atoms. The molecule has 2 amide bonds. The number of esters is 1. The molecule has 0 aliphatic carbocycles. The third-order valence-corrected chi connectivity index (χ3v) is 4.53. The van der Waals surface area contributed by atoms with Crippen LogP contribution >= 0.6 is 11.7 Å². The number of hydrogen-bond acceptors (Lipinski definition) is 8. The van der Waals surface area contributed by atoms with Gasteiger partial charge in [-0.3, -0.25) is 14.4 Å². The van der Waals surface area contributed by atoms with Gasteiger partial charge in [-0.15, -0.1) is 0 Å². The third kappa shape index (κ3) is 3.76. The molecule has 1 aliphatic heterocycles. The summed E-state index contributed by atoms with van der Waals surface area (Å²) in [6.07, 6.45) is -1.32. The van der Waals surface area contributed by atoms with Gasteiger partial charge in [0.05, 0.1) is 29.5 Å². The van der Waals surface area contributed by atoms with Crippen LogP contribution in [-0.4, -0.2) is 39.2 Å². The molecule has 1 aromatic heterocycles. The second-order valence-electron chi connectivity index (χ2n) is 5.94. The van der Waals surface area contributed by atoms with E-state index in [2.05, 4.69) is 19.4 Å². The summed E-state index contributed by atoms with van der Waals surface area (Å²) in [7, 11) is 0.